The number of carbonyl (C=O) groups excluding carboxylic acids is 3. The van der Waals surface area contributed by atoms with Gasteiger partial charge in [-0.25, -0.2) is 10.3 Å². The van der Waals surface area contributed by atoms with E-state index in [1.165, 1.54) is 0 Å². The Morgan fingerprint density at radius 1 is 1.00 bits per heavy atom. The van der Waals surface area contributed by atoms with Gasteiger partial charge in [0.05, 0.1) is 0 Å². The molecule has 8 heteroatoms. The van der Waals surface area contributed by atoms with E-state index in [2.05, 4.69) is 10.6 Å². The van der Waals surface area contributed by atoms with Crippen molar-refractivity contribution < 1.29 is 24.3 Å². The first-order valence-electron chi connectivity index (χ1n) is 9.27. The molecule has 152 valence electrons. The van der Waals surface area contributed by atoms with Crippen LogP contribution in [-0.4, -0.2) is 28.7 Å². The fourth-order valence-corrected chi connectivity index (χ4v) is 3.20. The predicted molar refractivity (Wildman–Crippen MR) is 103 cm³/mol. The molecule has 1 aliphatic carbocycles. The van der Waals surface area contributed by atoms with Crippen LogP contribution in [0.5, 0.6) is 0 Å². The molecule has 1 fully saturated rings. The maximum absolute atomic E-state index is 12.2. The molecule has 2 aromatic carbocycles. The molecule has 0 saturated heterocycles. The number of carbonyl (C=O) groups is 3. The largest absolute Gasteiger partial charge is 0.445 e. The minimum Gasteiger partial charge on any atom is -0.445 e. The quantitative estimate of drug-likeness (QED) is 0.401. The minimum atomic E-state index is -1.35. The Balaban J connectivity index is 1.51. The van der Waals surface area contributed by atoms with Crippen LogP contribution in [0.4, 0.5) is 4.79 Å². The minimum absolute atomic E-state index is 0.0409. The zero-order valence-corrected chi connectivity index (χ0v) is 15.8. The van der Waals surface area contributed by atoms with Crippen molar-refractivity contribution in [3.8, 4) is 0 Å². The summed E-state index contributed by atoms with van der Waals surface area (Å²) in [5, 5.41) is 14.3. The number of hydrogen-bond acceptors (Lipinski definition) is 5. The molecule has 3 rings (SSSR count). The van der Waals surface area contributed by atoms with Crippen molar-refractivity contribution in [2.24, 2.45) is 5.92 Å². The first-order chi connectivity index (χ1) is 14.0. The van der Waals surface area contributed by atoms with Gasteiger partial charge in [-0.2, -0.15) is 0 Å². The highest BCUT2D eigenvalue weighted by atomic mass is 16.5. The first-order valence-corrected chi connectivity index (χ1v) is 9.27. The summed E-state index contributed by atoms with van der Waals surface area (Å²) in [6, 6.07) is 18.5. The SMILES string of the molecule is O=C(C[C@@H]1CC1(NC(=O)OCc1ccccc1)C(=O)NO)NCc1ccccc1. The zero-order chi connectivity index (χ0) is 20.7. The van der Waals surface area contributed by atoms with Gasteiger partial charge in [0.15, 0.2) is 0 Å². The Morgan fingerprint density at radius 2 is 1.62 bits per heavy atom. The second-order valence-corrected chi connectivity index (χ2v) is 6.97. The number of ether oxygens (including phenoxy) is 1. The second-order valence-electron chi connectivity index (χ2n) is 6.97. The maximum Gasteiger partial charge on any atom is 0.408 e. The van der Waals surface area contributed by atoms with Crippen LogP contribution in [0.25, 0.3) is 0 Å². The van der Waals surface area contributed by atoms with Crippen LogP contribution >= 0.6 is 0 Å². The van der Waals surface area contributed by atoms with Crippen molar-refractivity contribution >= 4 is 17.9 Å². The lowest BCUT2D eigenvalue weighted by Crippen LogP contribution is -2.50. The number of benzene rings is 2. The van der Waals surface area contributed by atoms with Crippen molar-refractivity contribution in [3.63, 3.8) is 0 Å². The third-order valence-corrected chi connectivity index (χ3v) is 4.91. The van der Waals surface area contributed by atoms with E-state index in [-0.39, 0.29) is 25.4 Å². The van der Waals surface area contributed by atoms with Gasteiger partial charge in [-0.3, -0.25) is 14.8 Å². The molecule has 0 bridgehead atoms. The van der Waals surface area contributed by atoms with Gasteiger partial charge in [0, 0.05) is 18.9 Å². The average Bonchev–Trinajstić information content (AvgIpc) is 3.44. The summed E-state index contributed by atoms with van der Waals surface area (Å²) in [6.45, 7) is 0.420. The van der Waals surface area contributed by atoms with Crippen LogP contribution in [0, 0.1) is 5.92 Å². The summed E-state index contributed by atoms with van der Waals surface area (Å²) in [5.41, 5.74) is 1.97. The molecule has 0 radical (unpaired) electrons. The summed E-state index contributed by atoms with van der Waals surface area (Å²) >= 11 is 0. The summed E-state index contributed by atoms with van der Waals surface area (Å²) in [7, 11) is 0. The topological polar surface area (TPSA) is 117 Å². The van der Waals surface area contributed by atoms with Crippen LogP contribution in [0.15, 0.2) is 60.7 Å². The molecule has 3 amide bonds. The predicted octanol–water partition coefficient (Wildman–Crippen LogP) is 1.88. The van der Waals surface area contributed by atoms with Crippen LogP contribution in [0.1, 0.15) is 24.0 Å². The average molecular weight is 397 g/mol. The van der Waals surface area contributed by atoms with Crippen molar-refractivity contribution in [3.05, 3.63) is 71.8 Å². The van der Waals surface area contributed by atoms with Gasteiger partial charge < -0.3 is 15.4 Å². The van der Waals surface area contributed by atoms with E-state index in [0.29, 0.717) is 6.54 Å². The van der Waals surface area contributed by atoms with Crippen LogP contribution in [-0.2, 0) is 27.5 Å². The van der Waals surface area contributed by atoms with E-state index in [9.17, 15) is 14.4 Å². The second kappa shape index (κ2) is 9.20. The normalized spacial score (nSPS) is 19.7. The molecule has 1 saturated carbocycles. The Bertz CT molecular complexity index is 859. The number of hydrogen-bond donors (Lipinski definition) is 4. The van der Waals surface area contributed by atoms with Crippen molar-refractivity contribution in [1.82, 2.24) is 16.1 Å². The molecule has 1 aliphatic rings. The third kappa shape index (κ3) is 5.32. The Kier molecular flexibility index (Phi) is 6.46. The fourth-order valence-electron chi connectivity index (χ4n) is 3.20. The van der Waals surface area contributed by atoms with Gasteiger partial charge in [-0.15, -0.1) is 0 Å². The van der Waals surface area contributed by atoms with Crippen molar-refractivity contribution in [1.29, 1.82) is 0 Å². The Labute approximate surface area is 168 Å². The van der Waals surface area contributed by atoms with E-state index in [0.717, 1.165) is 11.1 Å². The van der Waals surface area contributed by atoms with Crippen LogP contribution in [0.2, 0.25) is 0 Å². The lowest BCUT2D eigenvalue weighted by atomic mass is 10.1. The molecule has 29 heavy (non-hydrogen) atoms. The van der Waals surface area contributed by atoms with E-state index < -0.39 is 23.5 Å². The molecule has 2 atom stereocenters. The van der Waals surface area contributed by atoms with E-state index in [1.54, 1.807) is 17.6 Å². The third-order valence-electron chi connectivity index (χ3n) is 4.91. The maximum atomic E-state index is 12.2. The molecule has 2 aromatic rings. The molecule has 4 N–H and O–H groups in total. The van der Waals surface area contributed by atoms with Gasteiger partial charge in [0.1, 0.15) is 12.1 Å². The summed E-state index contributed by atoms with van der Waals surface area (Å²) in [6.07, 6.45) is -0.512. The molecular weight excluding hydrogens is 374 g/mol. The van der Waals surface area contributed by atoms with Crippen LogP contribution in [0.3, 0.4) is 0 Å². The van der Waals surface area contributed by atoms with Gasteiger partial charge in [0.2, 0.25) is 5.91 Å². The van der Waals surface area contributed by atoms with Crippen molar-refractivity contribution in [2.75, 3.05) is 0 Å². The summed E-state index contributed by atoms with van der Waals surface area (Å²) in [4.78, 5) is 36.5. The fraction of sp³-hybridized carbons (Fsp3) is 0.286. The Morgan fingerprint density at radius 3 is 2.24 bits per heavy atom. The van der Waals surface area contributed by atoms with Gasteiger partial charge in [-0.05, 0) is 17.5 Å². The molecule has 1 unspecified atom stereocenters. The molecule has 8 nitrogen and oxygen atoms in total. The van der Waals surface area contributed by atoms with Gasteiger partial charge in [0.25, 0.3) is 5.91 Å². The number of alkyl carbamates (subject to hydrolysis) is 1. The lowest BCUT2D eigenvalue weighted by Gasteiger charge is -2.17. The van der Waals surface area contributed by atoms with Gasteiger partial charge in [-0.1, -0.05) is 60.7 Å². The zero-order valence-electron chi connectivity index (χ0n) is 15.8. The Hall–Kier alpha value is -3.39. The summed E-state index contributed by atoms with van der Waals surface area (Å²) in [5.74, 6) is -1.45. The number of hydroxylamine groups is 1. The molecule has 0 heterocycles. The summed E-state index contributed by atoms with van der Waals surface area (Å²) < 4.78 is 5.15. The first kappa shape index (κ1) is 20.3. The van der Waals surface area contributed by atoms with Gasteiger partial charge >= 0.3 is 6.09 Å². The molecular formula is C21H23N3O5. The number of amides is 3. The molecule has 0 aromatic heterocycles. The number of rotatable bonds is 8. The van der Waals surface area contributed by atoms with Crippen molar-refractivity contribution in [2.45, 2.75) is 31.5 Å². The highest BCUT2D eigenvalue weighted by Crippen LogP contribution is 2.46. The molecule has 0 aliphatic heterocycles. The lowest BCUT2D eigenvalue weighted by molar-refractivity contribution is -0.133. The standard InChI is InChI=1S/C21H23N3O5/c25-18(22-13-15-7-3-1-4-8-15)11-17-12-21(17,19(26)24-28)23-20(27)29-14-16-9-5-2-6-10-16/h1-10,17,28H,11-14H2,(H,22,25)(H,23,27)(H,24,26)/t17-,21?/m1/s1. The van der Waals surface area contributed by atoms with E-state index in [1.807, 2.05) is 48.5 Å². The highest BCUT2D eigenvalue weighted by molar-refractivity contribution is 5.94. The smallest absolute Gasteiger partial charge is 0.408 e. The van der Waals surface area contributed by atoms with E-state index in [4.69, 9.17) is 9.94 Å². The molecule has 0 spiro atoms. The monoisotopic (exact) mass is 397 g/mol. The number of nitrogens with one attached hydrogen (secondary N) is 3. The highest BCUT2D eigenvalue weighted by Gasteiger charge is 2.62. The van der Waals surface area contributed by atoms with E-state index >= 15 is 0 Å². The van der Waals surface area contributed by atoms with Crippen LogP contribution < -0.4 is 16.1 Å².